The van der Waals surface area contributed by atoms with Crippen LogP contribution in [0.15, 0.2) is 48.8 Å². The van der Waals surface area contributed by atoms with Crippen molar-refractivity contribution >= 4 is 45.9 Å². The van der Waals surface area contributed by atoms with Crippen LogP contribution >= 0.6 is 0 Å². The number of likely N-dealkylation sites (tertiary alicyclic amines) is 2. The molecule has 11 nitrogen and oxygen atoms in total. The summed E-state index contributed by atoms with van der Waals surface area (Å²) < 4.78 is 2.24. The number of hydrogen-bond acceptors (Lipinski definition) is 7. The van der Waals surface area contributed by atoms with E-state index in [4.69, 9.17) is 9.97 Å². The zero-order valence-corrected chi connectivity index (χ0v) is 33.1. The molecule has 6 saturated carbocycles. The Kier molecular flexibility index (Phi) is 7.30. The first-order valence-corrected chi connectivity index (χ1v) is 21.7. The number of amides is 3. The third kappa shape index (κ3) is 5.02. The summed E-state index contributed by atoms with van der Waals surface area (Å²) in [7, 11) is 1.65. The second-order valence-corrected chi connectivity index (χ2v) is 19.2. The molecule has 57 heavy (non-hydrogen) atoms. The number of carbonyl (C=O) groups excluding carboxylic acids is 3. The maximum atomic E-state index is 15.1. The van der Waals surface area contributed by atoms with Crippen LogP contribution in [0.4, 0.5) is 17.2 Å². The topological polar surface area (TPSA) is 116 Å². The van der Waals surface area contributed by atoms with Crippen molar-refractivity contribution in [2.24, 2.45) is 17.3 Å². The van der Waals surface area contributed by atoms with Crippen LogP contribution in [0, 0.1) is 24.2 Å². The van der Waals surface area contributed by atoms with Gasteiger partial charge >= 0.3 is 0 Å². The SMILES string of the molecule is CNC(=O)c1cc(Nc2nc(-c3ccc4c(c3)N(C3CC(N5C[C@H]6CC[C@@H]5C6)C3)C(=O)C43CCN(C(=O)C45CC(C4)C5)CC3)cc3ncn(C4CC4)c23)ccc1C. The molecule has 2 N–H and O–H groups in total. The highest BCUT2D eigenvalue weighted by Gasteiger charge is 2.63. The van der Waals surface area contributed by atoms with Crippen LogP contribution in [-0.2, 0) is 15.0 Å². The highest BCUT2D eigenvalue weighted by Crippen LogP contribution is 2.65. The molecule has 13 rings (SSSR count). The highest BCUT2D eigenvalue weighted by atomic mass is 16.2. The minimum Gasteiger partial charge on any atom is -0.355 e. The van der Waals surface area contributed by atoms with Gasteiger partial charge in [-0.05, 0) is 131 Å². The molecule has 6 aliphatic carbocycles. The molecule has 1 spiro atoms. The van der Waals surface area contributed by atoms with Crippen molar-refractivity contribution in [3.63, 3.8) is 0 Å². The first-order valence-electron chi connectivity index (χ1n) is 21.7. The first kappa shape index (κ1) is 34.3. The summed E-state index contributed by atoms with van der Waals surface area (Å²) >= 11 is 0. The van der Waals surface area contributed by atoms with Crippen LogP contribution < -0.4 is 15.5 Å². The van der Waals surface area contributed by atoms with Crippen molar-refractivity contribution in [2.75, 3.05) is 36.9 Å². The van der Waals surface area contributed by atoms with Gasteiger partial charge in [0.25, 0.3) is 5.91 Å². The molecule has 9 aliphatic rings. The van der Waals surface area contributed by atoms with Crippen LogP contribution in [0.5, 0.6) is 0 Å². The molecule has 0 unspecified atom stereocenters. The van der Waals surface area contributed by atoms with Crippen LogP contribution in [0.3, 0.4) is 0 Å². The molecule has 2 aromatic carbocycles. The molecule has 11 heteroatoms. The average Bonchev–Trinajstić information content (AvgIpc) is 3.47. The molecular weight excluding hydrogens is 713 g/mol. The van der Waals surface area contributed by atoms with E-state index in [9.17, 15) is 9.59 Å². The monoisotopic (exact) mass is 764 g/mol. The number of nitrogens with zero attached hydrogens (tertiary/aromatic N) is 6. The molecule has 3 amide bonds. The Morgan fingerprint density at radius 3 is 2.33 bits per heavy atom. The smallest absolute Gasteiger partial charge is 0.251 e. The number of piperidine rings is 2. The molecule has 294 valence electrons. The molecule has 8 fully saturated rings. The molecular formula is C46H52N8O3. The Labute approximate surface area is 333 Å². The third-order valence-corrected chi connectivity index (χ3v) is 15.9. The van der Waals surface area contributed by atoms with Gasteiger partial charge in [0.05, 0.1) is 28.4 Å². The van der Waals surface area contributed by atoms with Crippen molar-refractivity contribution in [3.05, 3.63) is 65.5 Å². The number of aryl methyl sites for hydroxylation is 1. The van der Waals surface area contributed by atoms with Gasteiger partial charge in [0.1, 0.15) is 5.52 Å². The number of rotatable bonds is 8. The van der Waals surface area contributed by atoms with Crippen LogP contribution in [0.2, 0.25) is 0 Å². The standard InChI is InChI=1S/C46H52N8O3/c1-26-3-6-30(17-35(26)42(55)47-2)49-41-40-38(48-25-53(40)31-8-9-31)20-37(50-41)29-5-10-36-39(16-29)54(34-18-33(19-34)52-24-27-4-7-32(52)15-27)44(57)46(36)11-13-51(14-12-46)43(56)45-21-28(22-45)23-45/h3,5-6,10,16-17,20,25,27-28,31-34H,4,7-9,11-15,18-19,21-24H2,1-2H3,(H,47,55)(H,49,50)/t27-,28?,32+,33?,34?,45?/m0/s1. The van der Waals surface area contributed by atoms with E-state index in [-0.39, 0.29) is 23.3 Å². The number of imidazole rings is 1. The quantitative estimate of drug-likeness (QED) is 0.201. The number of fused-ring (bicyclic) bond motifs is 5. The van der Waals surface area contributed by atoms with Gasteiger partial charge in [-0.25, -0.2) is 9.97 Å². The molecule has 2 atom stereocenters. The van der Waals surface area contributed by atoms with Crippen molar-refractivity contribution < 1.29 is 14.4 Å². The van der Waals surface area contributed by atoms with Gasteiger partial charge in [-0.1, -0.05) is 18.2 Å². The second-order valence-electron chi connectivity index (χ2n) is 19.2. The van der Waals surface area contributed by atoms with E-state index in [1.807, 2.05) is 31.5 Å². The minimum absolute atomic E-state index is 0.0914. The summed E-state index contributed by atoms with van der Waals surface area (Å²) in [6.07, 6.45) is 14.8. The number of anilines is 3. The van der Waals surface area contributed by atoms with E-state index in [1.54, 1.807) is 7.05 Å². The summed E-state index contributed by atoms with van der Waals surface area (Å²) in [5.74, 6) is 2.77. The second kappa shape index (κ2) is 12.1. The molecule has 5 heterocycles. The van der Waals surface area contributed by atoms with Gasteiger partial charge in [0.15, 0.2) is 5.82 Å². The molecule has 0 radical (unpaired) electrons. The van der Waals surface area contributed by atoms with E-state index in [1.165, 1.54) is 25.8 Å². The Morgan fingerprint density at radius 2 is 1.65 bits per heavy atom. The summed E-state index contributed by atoms with van der Waals surface area (Å²) in [6.45, 7) is 4.46. The fourth-order valence-corrected chi connectivity index (χ4v) is 12.4. The molecule has 2 aromatic heterocycles. The number of carbonyl (C=O) groups is 3. The van der Waals surface area contributed by atoms with E-state index < -0.39 is 5.41 Å². The maximum Gasteiger partial charge on any atom is 0.251 e. The predicted octanol–water partition coefficient (Wildman–Crippen LogP) is 6.87. The van der Waals surface area contributed by atoms with Crippen molar-refractivity contribution in [2.45, 2.75) is 114 Å². The lowest BCUT2D eigenvalue weighted by atomic mass is 9.44. The fraction of sp³-hybridized carbons (Fsp3) is 0.543. The van der Waals surface area contributed by atoms with Crippen molar-refractivity contribution in [1.82, 2.24) is 29.7 Å². The maximum absolute atomic E-state index is 15.1. The first-order chi connectivity index (χ1) is 27.7. The zero-order valence-electron chi connectivity index (χ0n) is 33.1. The van der Waals surface area contributed by atoms with Gasteiger partial charge in [0, 0.05) is 73.4 Å². The molecule has 4 bridgehead atoms. The fourth-order valence-electron chi connectivity index (χ4n) is 12.4. The third-order valence-electron chi connectivity index (χ3n) is 15.9. The lowest BCUT2D eigenvalue weighted by molar-refractivity contribution is -0.178. The Balaban J connectivity index is 0.904. The lowest BCUT2D eigenvalue weighted by Crippen LogP contribution is -2.63. The number of nitrogens with one attached hydrogen (secondary N) is 2. The summed E-state index contributed by atoms with van der Waals surface area (Å²) in [5, 5.41) is 6.35. The Hall–Kier alpha value is -4.77. The van der Waals surface area contributed by atoms with Crippen molar-refractivity contribution in [1.29, 1.82) is 0 Å². The predicted molar refractivity (Wildman–Crippen MR) is 218 cm³/mol. The zero-order chi connectivity index (χ0) is 38.4. The summed E-state index contributed by atoms with van der Waals surface area (Å²) in [5.41, 5.74) is 7.31. The number of hydrogen-bond donors (Lipinski definition) is 2. The largest absolute Gasteiger partial charge is 0.355 e. The van der Waals surface area contributed by atoms with Gasteiger partial charge in [-0.15, -0.1) is 0 Å². The van der Waals surface area contributed by atoms with Gasteiger partial charge < -0.3 is 25.0 Å². The van der Waals surface area contributed by atoms with Gasteiger partial charge in [-0.2, -0.15) is 0 Å². The minimum atomic E-state index is -0.608. The normalized spacial score (nSPS) is 30.6. The van der Waals surface area contributed by atoms with E-state index in [0.29, 0.717) is 55.3 Å². The van der Waals surface area contributed by atoms with E-state index in [2.05, 4.69) is 54.2 Å². The van der Waals surface area contributed by atoms with Crippen molar-refractivity contribution in [3.8, 4) is 11.3 Å². The van der Waals surface area contributed by atoms with Crippen LogP contribution in [0.25, 0.3) is 22.3 Å². The van der Waals surface area contributed by atoms with Gasteiger partial charge in [-0.3, -0.25) is 19.3 Å². The Bertz CT molecular complexity index is 2370. The number of pyridine rings is 1. The highest BCUT2D eigenvalue weighted by molar-refractivity contribution is 6.09. The summed E-state index contributed by atoms with van der Waals surface area (Å²) in [4.78, 5) is 58.7. The summed E-state index contributed by atoms with van der Waals surface area (Å²) in [6, 6.07) is 16.4. The van der Waals surface area contributed by atoms with Crippen LogP contribution in [-0.4, -0.2) is 86.9 Å². The van der Waals surface area contributed by atoms with E-state index in [0.717, 1.165) is 108 Å². The number of aromatic nitrogens is 3. The molecule has 3 aliphatic heterocycles. The average molecular weight is 765 g/mol. The molecule has 2 saturated heterocycles. The van der Waals surface area contributed by atoms with Crippen LogP contribution in [0.1, 0.15) is 105 Å². The van der Waals surface area contributed by atoms with Gasteiger partial charge in [0.2, 0.25) is 11.8 Å². The van der Waals surface area contributed by atoms with E-state index >= 15 is 4.79 Å². The lowest BCUT2D eigenvalue weighted by Gasteiger charge is -2.61. The number of benzene rings is 2. The molecule has 4 aromatic rings. The Morgan fingerprint density at radius 1 is 0.860 bits per heavy atom.